The Morgan fingerprint density at radius 2 is 2.29 bits per heavy atom. The van der Waals surface area contributed by atoms with Crippen LogP contribution in [-0.4, -0.2) is 44.4 Å². The molecule has 0 aliphatic carbocycles. The lowest BCUT2D eigenvalue weighted by molar-refractivity contribution is -0.0841. The lowest BCUT2D eigenvalue weighted by Gasteiger charge is -2.34. The molecule has 6 heteroatoms. The Labute approximate surface area is 99.6 Å². The van der Waals surface area contributed by atoms with E-state index >= 15 is 0 Å². The molecule has 2 aliphatic rings. The van der Waals surface area contributed by atoms with Crippen molar-refractivity contribution in [2.24, 2.45) is 0 Å². The summed E-state index contributed by atoms with van der Waals surface area (Å²) in [6.45, 7) is 7.39. The minimum Gasteiger partial charge on any atom is -0.364 e. The number of nitrogens with one attached hydrogen (secondary N) is 1. The van der Waals surface area contributed by atoms with Crippen LogP contribution < -0.4 is 5.69 Å². The maximum Gasteiger partial charge on any atom is 0.343 e. The fourth-order valence-corrected chi connectivity index (χ4v) is 2.74. The lowest BCUT2D eigenvalue weighted by Crippen LogP contribution is -2.47. The molecule has 0 radical (unpaired) electrons. The summed E-state index contributed by atoms with van der Waals surface area (Å²) < 4.78 is 7.68. The van der Waals surface area contributed by atoms with Gasteiger partial charge < -0.3 is 4.74 Å². The summed E-state index contributed by atoms with van der Waals surface area (Å²) in [5, 5.41) is 6.44. The second kappa shape index (κ2) is 3.68. The van der Waals surface area contributed by atoms with Crippen molar-refractivity contribution in [3.05, 3.63) is 16.3 Å². The first-order valence-electron chi connectivity index (χ1n) is 6.12. The smallest absolute Gasteiger partial charge is 0.343 e. The van der Waals surface area contributed by atoms with E-state index in [2.05, 4.69) is 28.9 Å². The van der Waals surface area contributed by atoms with E-state index in [1.54, 1.807) is 4.57 Å². The molecule has 1 atom stereocenters. The van der Waals surface area contributed by atoms with E-state index in [-0.39, 0.29) is 11.3 Å². The monoisotopic (exact) mass is 238 g/mol. The largest absolute Gasteiger partial charge is 0.364 e. The third kappa shape index (κ3) is 1.71. The van der Waals surface area contributed by atoms with Gasteiger partial charge >= 0.3 is 5.69 Å². The molecule has 3 heterocycles. The van der Waals surface area contributed by atoms with Gasteiger partial charge in [-0.1, -0.05) is 0 Å². The topological polar surface area (TPSA) is 63.2 Å². The molecule has 1 saturated heterocycles. The van der Waals surface area contributed by atoms with Crippen LogP contribution >= 0.6 is 0 Å². The molecule has 0 amide bonds. The van der Waals surface area contributed by atoms with E-state index in [0.29, 0.717) is 25.0 Å². The van der Waals surface area contributed by atoms with Crippen molar-refractivity contribution >= 4 is 0 Å². The number of ether oxygens (including phenoxy) is 1. The van der Waals surface area contributed by atoms with Crippen LogP contribution in [0.25, 0.3) is 0 Å². The maximum absolute atomic E-state index is 11.6. The molecule has 1 unspecified atom stereocenters. The van der Waals surface area contributed by atoms with Gasteiger partial charge in [0.2, 0.25) is 0 Å². The number of rotatable bonds is 1. The first-order chi connectivity index (χ1) is 8.10. The quantitative estimate of drug-likeness (QED) is 0.745. The molecule has 0 saturated carbocycles. The van der Waals surface area contributed by atoms with Crippen molar-refractivity contribution in [3.63, 3.8) is 0 Å². The Kier molecular flexibility index (Phi) is 2.38. The zero-order chi connectivity index (χ0) is 12.0. The Morgan fingerprint density at radius 1 is 1.47 bits per heavy atom. The number of aromatic nitrogens is 3. The normalized spacial score (nSPS) is 29.1. The predicted octanol–water partition coefficient (Wildman–Crippen LogP) is -0.0455. The van der Waals surface area contributed by atoms with E-state index in [0.717, 1.165) is 19.5 Å². The second-order valence-electron chi connectivity index (χ2n) is 5.32. The van der Waals surface area contributed by atoms with Crippen LogP contribution in [0, 0.1) is 0 Å². The Bertz CT molecular complexity index is 478. The van der Waals surface area contributed by atoms with E-state index in [9.17, 15) is 4.79 Å². The van der Waals surface area contributed by atoms with Gasteiger partial charge in [-0.25, -0.2) is 9.89 Å². The molecular formula is C11H18N4O2. The summed E-state index contributed by atoms with van der Waals surface area (Å²) in [7, 11) is 0. The Hall–Kier alpha value is -1.14. The molecule has 1 aromatic rings. The predicted molar refractivity (Wildman–Crippen MR) is 61.7 cm³/mol. The van der Waals surface area contributed by atoms with Gasteiger partial charge in [-0.15, -0.1) is 0 Å². The third-order valence-electron chi connectivity index (χ3n) is 3.87. The van der Waals surface area contributed by atoms with E-state index < -0.39 is 0 Å². The van der Waals surface area contributed by atoms with Gasteiger partial charge in [-0.2, -0.15) is 5.10 Å². The van der Waals surface area contributed by atoms with E-state index in [4.69, 9.17) is 4.74 Å². The minimum atomic E-state index is -0.190. The highest BCUT2D eigenvalue weighted by Crippen LogP contribution is 2.31. The average Bonchev–Trinajstić information content (AvgIpc) is 2.86. The molecule has 1 aromatic heterocycles. The highest BCUT2D eigenvalue weighted by atomic mass is 16.5. The van der Waals surface area contributed by atoms with Gasteiger partial charge in [0, 0.05) is 19.1 Å². The van der Waals surface area contributed by atoms with Gasteiger partial charge in [0.05, 0.1) is 6.54 Å². The highest BCUT2D eigenvalue weighted by Gasteiger charge is 2.43. The molecule has 3 rings (SSSR count). The van der Waals surface area contributed by atoms with Crippen LogP contribution in [0.5, 0.6) is 0 Å². The molecule has 0 bridgehead atoms. The number of hydrogen-bond acceptors (Lipinski definition) is 4. The number of fused-ring (bicyclic) bond motifs is 1. The molecule has 17 heavy (non-hydrogen) atoms. The van der Waals surface area contributed by atoms with Crippen molar-refractivity contribution in [1.82, 2.24) is 19.7 Å². The molecule has 1 spiro atoms. The van der Waals surface area contributed by atoms with Gasteiger partial charge in [-0.3, -0.25) is 9.47 Å². The summed E-state index contributed by atoms with van der Waals surface area (Å²) in [5.41, 5.74) is -0.309. The Balaban J connectivity index is 1.84. The number of hydrogen-bond donors (Lipinski definition) is 1. The van der Waals surface area contributed by atoms with Gasteiger partial charge in [0.1, 0.15) is 12.2 Å². The number of nitrogens with zero attached hydrogens (tertiary/aromatic N) is 3. The zero-order valence-electron chi connectivity index (χ0n) is 10.3. The summed E-state index contributed by atoms with van der Waals surface area (Å²) in [4.78, 5) is 14.0. The van der Waals surface area contributed by atoms with E-state index in [1.165, 1.54) is 0 Å². The van der Waals surface area contributed by atoms with Crippen molar-refractivity contribution in [2.45, 2.75) is 45.1 Å². The fraction of sp³-hybridized carbons (Fsp3) is 0.818. The van der Waals surface area contributed by atoms with Crippen molar-refractivity contribution in [1.29, 1.82) is 0 Å². The van der Waals surface area contributed by atoms with Crippen LogP contribution in [0.3, 0.4) is 0 Å². The standard InChI is InChI=1S/C11H18N4O2/c1-8(2)14-4-3-11(6-14)7-15-9(5-17-11)12-13-10(15)16/h8H,3-7H2,1-2H3,(H,13,16). The minimum absolute atomic E-state index is 0.120. The molecular weight excluding hydrogens is 220 g/mol. The number of likely N-dealkylation sites (tertiary alicyclic amines) is 1. The fourth-order valence-electron chi connectivity index (χ4n) is 2.74. The molecule has 6 nitrogen and oxygen atoms in total. The van der Waals surface area contributed by atoms with Crippen LogP contribution in [0.4, 0.5) is 0 Å². The van der Waals surface area contributed by atoms with Crippen molar-refractivity contribution < 1.29 is 4.74 Å². The highest BCUT2D eigenvalue weighted by molar-refractivity contribution is 5.00. The third-order valence-corrected chi connectivity index (χ3v) is 3.87. The second-order valence-corrected chi connectivity index (χ2v) is 5.32. The number of H-pyrrole nitrogens is 1. The van der Waals surface area contributed by atoms with Crippen LogP contribution in [0.2, 0.25) is 0 Å². The molecule has 94 valence electrons. The maximum atomic E-state index is 11.6. The lowest BCUT2D eigenvalue weighted by atomic mass is 10.0. The van der Waals surface area contributed by atoms with Crippen molar-refractivity contribution in [2.75, 3.05) is 13.1 Å². The Morgan fingerprint density at radius 3 is 3.00 bits per heavy atom. The average molecular weight is 238 g/mol. The molecule has 1 fully saturated rings. The molecule has 0 aromatic carbocycles. The summed E-state index contributed by atoms with van der Waals surface area (Å²) in [5.74, 6) is 0.712. The van der Waals surface area contributed by atoms with Crippen LogP contribution in [0.15, 0.2) is 4.79 Å². The first kappa shape index (κ1) is 11.0. The van der Waals surface area contributed by atoms with E-state index in [1.807, 2.05) is 0 Å². The van der Waals surface area contributed by atoms with Gasteiger partial charge in [0.15, 0.2) is 5.82 Å². The molecule has 1 N–H and O–H groups in total. The zero-order valence-corrected chi connectivity index (χ0v) is 10.3. The summed E-state index contributed by atoms with van der Waals surface area (Å²) in [6.07, 6.45) is 0.988. The van der Waals surface area contributed by atoms with Crippen LogP contribution in [0.1, 0.15) is 26.1 Å². The summed E-state index contributed by atoms with van der Waals surface area (Å²) >= 11 is 0. The van der Waals surface area contributed by atoms with Gasteiger partial charge in [-0.05, 0) is 20.3 Å². The van der Waals surface area contributed by atoms with Crippen molar-refractivity contribution in [3.8, 4) is 0 Å². The van der Waals surface area contributed by atoms with Gasteiger partial charge in [0.25, 0.3) is 0 Å². The SMILES string of the molecule is CC(C)N1CCC2(C1)Cn1c(n[nH]c1=O)CO2. The molecule has 2 aliphatic heterocycles. The van der Waals surface area contributed by atoms with Crippen LogP contribution in [-0.2, 0) is 17.9 Å². The first-order valence-corrected chi connectivity index (χ1v) is 6.12. The summed E-state index contributed by atoms with van der Waals surface area (Å²) in [6, 6.07) is 0.528. The number of aromatic amines is 1.